The molecular weight excluding hydrogens is 328 g/mol. The first-order valence-electron chi connectivity index (χ1n) is 8.24. The van der Waals surface area contributed by atoms with Crippen LogP contribution in [0, 0.1) is 18.3 Å². The quantitative estimate of drug-likeness (QED) is 0.633. The van der Waals surface area contributed by atoms with Crippen LogP contribution in [0.25, 0.3) is 10.9 Å². The molecule has 0 spiro atoms. The average molecular weight is 346 g/mol. The summed E-state index contributed by atoms with van der Waals surface area (Å²) >= 11 is 0. The van der Waals surface area contributed by atoms with E-state index in [9.17, 15) is 9.59 Å². The molecule has 0 fully saturated rings. The van der Waals surface area contributed by atoms with E-state index in [1.807, 2.05) is 37.3 Å². The Morgan fingerprint density at radius 1 is 1.12 bits per heavy atom. The Morgan fingerprint density at radius 3 is 2.73 bits per heavy atom. The van der Waals surface area contributed by atoms with Gasteiger partial charge in [0.2, 0.25) is 0 Å². The summed E-state index contributed by atoms with van der Waals surface area (Å²) in [6, 6.07) is 16.4. The van der Waals surface area contributed by atoms with Crippen molar-refractivity contribution in [2.45, 2.75) is 13.3 Å². The number of amides is 2. The molecule has 2 amide bonds. The van der Waals surface area contributed by atoms with Gasteiger partial charge >= 0.3 is 11.8 Å². The van der Waals surface area contributed by atoms with Gasteiger partial charge in [-0.2, -0.15) is 5.26 Å². The fraction of sp³-hybridized carbons (Fsp3) is 0.150. The molecule has 3 rings (SSSR count). The minimum atomic E-state index is -0.754. The summed E-state index contributed by atoms with van der Waals surface area (Å²) < 4.78 is 0. The van der Waals surface area contributed by atoms with Gasteiger partial charge in [-0.25, -0.2) is 0 Å². The van der Waals surface area contributed by atoms with Crippen LogP contribution in [0.4, 0.5) is 5.69 Å². The number of rotatable bonds is 4. The number of aryl methyl sites for hydroxylation is 1. The molecule has 26 heavy (non-hydrogen) atoms. The summed E-state index contributed by atoms with van der Waals surface area (Å²) in [6.07, 6.45) is 0.624. The number of hydrogen-bond acceptors (Lipinski definition) is 3. The van der Waals surface area contributed by atoms with Crippen molar-refractivity contribution in [2.24, 2.45) is 0 Å². The number of aromatic amines is 1. The SMILES string of the molecule is Cc1[nH]c2ccccc2c1CCNC(=O)C(=O)Nc1cccc(C#N)c1. The second kappa shape index (κ2) is 7.53. The van der Waals surface area contributed by atoms with Crippen LogP contribution >= 0.6 is 0 Å². The number of carbonyl (C=O) groups excluding carboxylic acids is 2. The van der Waals surface area contributed by atoms with Gasteiger partial charge < -0.3 is 15.6 Å². The van der Waals surface area contributed by atoms with Crippen molar-refractivity contribution in [3.05, 3.63) is 65.4 Å². The monoisotopic (exact) mass is 346 g/mol. The molecule has 0 radical (unpaired) electrons. The minimum absolute atomic E-state index is 0.354. The number of anilines is 1. The first-order valence-corrected chi connectivity index (χ1v) is 8.24. The van der Waals surface area contributed by atoms with Crippen LogP contribution in [0.15, 0.2) is 48.5 Å². The lowest BCUT2D eigenvalue weighted by atomic mass is 10.1. The van der Waals surface area contributed by atoms with E-state index >= 15 is 0 Å². The summed E-state index contributed by atoms with van der Waals surface area (Å²) in [7, 11) is 0. The third kappa shape index (κ3) is 3.73. The number of benzene rings is 2. The van der Waals surface area contributed by atoms with E-state index in [1.54, 1.807) is 18.2 Å². The molecule has 0 aliphatic carbocycles. The zero-order valence-electron chi connectivity index (χ0n) is 14.3. The Balaban J connectivity index is 1.57. The van der Waals surface area contributed by atoms with Gasteiger partial charge in [0, 0.05) is 28.8 Å². The van der Waals surface area contributed by atoms with Crippen LogP contribution in [0.2, 0.25) is 0 Å². The summed E-state index contributed by atoms with van der Waals surface area (Å²) in [4.78, 5) is 27.3. The highest BCUT2D eigenvalue weighted by atomic mass is 16.2. The maximum atomic E-state index is 12.0. The molecule has 2 aromatic carbocycles. The van der Waals surface area contributed by atoms with E-state index in [0.29, 0.717) is 24.2 Å². The Kier molecular flexibility index (Phi) is 4.99. The first-order chi connectivity index (χ1) is 12.6. The summed E-state index contributed by atoms with van der Waals surface area (Å²) in [5.74, 6) is -1.46. The summed E-state index contributed by atoms with van der Waals surface area (Å²) in [5, 5.41) is 15.1. The van der Waals surface area contributed by atoms with Crippen molar-refractivity contribution in [1.29, 1.82) is 5.26 Å². The second-order valence-electron chi connectivity index (χ2n) is 5.93. The third-order valence-electron chi connectivity index (χ3n) is 4.14. The zero-order chi connectivity index (χ0) is 18.5. The molecule has 6 heteroatoms. The molecule has 0 aliphatic heterocycles. The van der Waals surface area contributed by atoms with Gasteiger partial charge in [-0.05, 0) is 43.2 Å². The molecule has 3 N–H and O–H groups in total. The molecule has 0 saturated carbocycles. The van der Waals surface area contributed by atoms with Crippen molar-refractivity contribution in [3.8, 4) is 6.07 Å². The molecule has 1 heterocycles. The minimum Gasteiger partial charge on any atom is -0.358 e. The first kappa shape index (κ1) is 17.2. The van der Waals surface area contributed by atoms with Crippen LogP contribution in [-0.2, 0) is 16.0 Å². The van der Waals surface area contributed by atoms with E-state index in [0.717, 1.165) is 22.2 Å². The van der Waals surface area contributed by atoms with Crippen molar-refractivity contribution < 1.29 is 9.59 Å². The number of fused-ring (bicyclic) bond motifs is 1. The molecule has 1 aromatic heterocycles. The van der Waals surface area contributed by atoms with E-state index in [-0.39, 0.29) is 0 Å². The lowest BCUT2D eigenvalue weighted by Crippen LogP contribution is -2.36. The number of carbonyl (C=O) groups is 2. The largest absolute Gasteiger partial charge is 0.358 e. The molecule has 6 nitrogen and oxygen atoms in total. The highest BCUT2D eigenvalue weighted by molar-refractivity contribution is 6.39. The average Bonchev–Trinajstić information content (AvgIpc) is 2.97. The smallest absolute Gasteiger partial charge is 0.313 e. The van der Waals surface area contributed by atoms with Crippen molar-refractivity contribution in [1.82, 2.24) is 10.3 Å². The highest BCUT2D eigenvalue weighted by Gasteiger charge is 2.14. The Labute approximate surface area is 150 Å². The summed E-state index contributed by atoms with van der Waals surface area (Å²) in [5.41, 5.74) is 4.07. The van der Waals surface area contributed by atoms with Gasteiger partial charge in [0.1, 0.15) is 0 Å². The predicted molar refractivity (Wildman–Crippen MR) is 99.5 cm³/mol. The lowest BCUT2D eigenvalue weighted by Gasteiger charge is -2.07. The van der Waals surface area contributed by atoms with Crippen molar-refractivity contribution >= 4 is 28.4 Å². The van der Waals surface area contributed by atoms with E-state index in [1.165, 1.54) is 6.07 Å². The standard InChI is InChI=1S/C20H18N4O2/c1-13-16(17-7-2-3-8-18(17)23-13)9-10-22-19(25)20(26)24-15-6-4-5-14(11-15)12-21/h2-8,11,23H,9-10H2,1H3,(H,22,25)(H,24,26). The fourth-order valence-corrected chi connectivity index (χ4v) is 2.89. The van der Waals surface area contributed by atoms with Crippen LogP contribution in [0.1, 0.15) is 16.8 Å². The van der Waals surface area contributed by atoms with Gasteiger partial charge in [0.15, 0.2) is 0 Å². The third-order valence-corrected chi connectivity index (χ3v) is 4.14. The molecule has 0 bridgehead atoms. The Bertz CT molecular complexity index is 1010. The summed E-state index contributed by atoms with van der Waals surface area (Å²) in [6.45, 7) is 2.35. The molecule has 3 aromatic rings. The van der Waals surface area contributed by atoms with Crippen LogP contribution in [0.5, 0.6) is 0 Å². The van der Waals surface area contributed by atoms with E-state index < -0.39 is 11.8 Å². The van der Waals surface area contributed by atoms with Crippen molar-refractivity contribution in [3.63, 3.8) is 0 Å². The van der Waals surface area contributed by atoms with E-state index in [4.69, 9.17) is 5.26 Å². The number of nitrogens with zero attached hydrogens (tertiary/aromatic N) is 1. The van der Waals surface area contributed by atoms with Crippen molar-refractivity contribution in [2.75, 3.05) is 11.9 Å². The molecular formula is C20H18N4O2. The maximum Gasteiger partial charge on any atom is 0.313 e. The molecule has 0 aliphatic rings. The lowest BCUT2D eigenvalue weighted by molar-refractivity contribution is -0.136. The predicted octanol–water partition coefficient (Wildman–Crippen LogP) is 2.65. The Hall–Kier alpha value is -3.59. The number of hydrogen-bond donors (Lipinski definition) is 3. The maximum absolute atomic E-state index is 12.0. The molecule has 0 atom stereocenters. The van der Waals surface area contributed by atoms with Gasteiger partial charge in [-0.3, -0.25) is 9.59 Å². The number of para-hydroxylation sites is 1. The highest BCUT2D eigenvalue weighted by Crippen LogP contribution is 2.21. The number of H-pyrrole nitrogens is 1. The Morgan fingerprint density at radius 2 is 1.92 bits per heavy atom. The van der Waals surface area contributed by atoms with Gasteiger partial charge in [0.25, 0.3) is 0 Å². The van der Waals surface area contributed by atoms with Gasteiger partial charge in [0.05, 0.1) is 11.6 Å². The number of nitrogens with one attached hydrogen (secondary N) is 3. The van der Waals surface area contributed by atoms with Crippen LogP contribution < -0.4 is 10.6 Å². The van der Waals surface area contributed by atoms with Crippen LogP contribution in [-0.4, -0.2) is 23.3 Å². The topological polar surface area (TPSA) is 97.8 Å². The zero-order valence-corrected chi connectivity index (χ0v) is 14.3. The number of nitriles is 1. The van der Waals surface area contributed by atoms with Gasteiger partial charge in [-0.1, -0.05) is 24.3 Å². The van der Waals surface area contributed by atoms with E-state index in [2.05, 4.69) is 15.6 Å². The molecule has 0 unspecified atom stereocenters. The molecule has 130 valence electrons. The normalized spacial score (nSPS) is 10.3. The van der Waals surface area contributed by atoms with Gasteiger partial charge in [-0.15, -0.1) is 0 Å². The second-order valence-corrected chi connectivity index (χ2v) is 5.93. The molecule has 0 saturated heterocycles. The number of aromatic nitrogens is 1. The van der Waals surface area contributed by atoms with Crippen LogP contribution in [0.3, 0.4) is 0 Å². The fourth-order valence-electron chi connectivity index (χ4n) is 2.89.